The monoisotopic (exact) mass is 286 g/mol. The molecule has 1 aromatic heterocycles. The van der Waals surface area contributed by atoms with E-state index < -0.39 is 6.03 Å². The Morgan fingerprint density at radius 1 is 1.33 bits per heavy atom. The minimum atomic E-state index is -0.404. The van der Waals surface area contributed by atoms with Crippen molar-refractivity contribution in [2.75, 3.05) is 5.32 Å². The van der Waals surface area contributed by atoms with E-state index in [-0.39, 0.29) is 6.54 Å². The summed E-state index contributed by atoms with van der Waals surface area (Å²) in [5.41, 5.74) is 0.537. The van der Waals surface area contributed by atoms with Crippen LogP contribution in [0, 0.1) is 0 Å². The van der Waals surface area contributed by atoms with Crippen molar-refractivity contribution in [2.24, 2.45) is 0 Å². The number of rotatable bonds is 3. The highest BCUT2D eigenvalue weighted by Crippen LogP contribution is 2.24. The summed E-state index contributed by atoms with van der Waals surface area (Å²) in [6.07, 6.45) is 0. The molecule has 0 fully saturated rings. The van der Waals surface area contributed by atoms with E-state index >= 15 is 0 Å². The standard InChI is InChI=1S/C9H8Cl2N6O/c10-6-2-1-5(3-7(6)11)13-9(18)12-4-8-14-16-17-15-8/h1-3H,4H2,(H2,12,13,18)(H,14,15,16,17). The van der Waals surface area contributed by atoms with E-state index in [1.165, 1.54) is 0 Å². The highest BCUT2D eigenvalue weighted by Gasteiger charge is 2.05. The Kier molecular flexibility index (Phi) is 3.96. The Morgan fingerprint density at radius 3 is 2.83 bits per heavy atom. The zero-order valence-electron chi connectivity index (χ0n) is 8.94. The summed E-state index contributed by atoms with van der Waals surface area (Å²) < 4.78 is 0. The molecule has 0 atom stereocenters. The molecular formula is C9H8Cl2N6O. The number of H-pyrrole nitrogens is 1. The molecule has 2 rings (SSSR count). The van der Waals surface area contributed by atoms with Gasteiger partial charge in [0.1, 0.15) is 0 Å². The van der Waals surface area contributed by atoms with Gasteiger partial charge in [0.05, 0.1) is 16.6 Å². The number of urea groups is 1. The lowest BCUT2D eigenvalue weighted by Crippen LogP contribution is -2.28. The van der Waals surface area contributed by atoms with Crippen molar-refractivity contribution >= 4 is 34.9 Å². The number of anilines is 1. The largest absolute Gasteiger partial charge is 0.330 e. The lowest BCUT2D eigenvalue weighted by molar-refractivity contribution is 0.251. The van der Waals surface area contributed by atoms with Gasteiger partial charge in [0, 0.05) is 5.69 Å². The van der Waals surface area contributed by atoms with E-state index in [1.807, 2.05) is 0 Å². The highest BCUT2D eigenvalue weighted by molar-refractivity contribution is 6.42. The van der Waals surface area contributed by atoms with Crippen LogP contribution in [0.4, 0.5) is 10.5 Å². The van der Waals surface area contributed by atoms with Gasteiger partial charge < -0.3 is 10.6 Å². The van der Waals surface area contributed by atoms with Crippen LogP contribution in [-0.4, -0.2) is 26.7 Å². The molecule has 0 saturated heterocycles. The van der Waals surface area contributed by atoms with Gasteiger partial charge in [-0.3, -0.25) is 0 Å². The van der Waals surface area contributed by atoms with Gasteiger partial charge in [0.25, 0.3) is 0 Å². The molecule has 1 aromatic carbocycles. The molecule has 0 bridgehead atoms. The van der Waals surface area contributed by atoms with Crippen molar-refractivity contribution in [1.82, 2.24) is 25.9 Å². The van der Waals surface area contributed by atoms with Crippen LogP contribution in [0.15, 0.2) is 18.2 Å². The molecule has 1 heterocycles. The lowest BCUT2D eigenvalue weighted by atomic mass is 10.3. The summed E-state index contributed by atoms with van der Waals surface area (Å²) in [5, 5.41) is 19.0. The van der Waals surface area contributed by atoms with E-state index in [0.717, 1.165) is 0 Å². The van der Waals surface area contributed by atoms with Crippen LogP contribution in [-0.2, 0) is 6.54 Å². The molecule has 7 nitrogen and oxygen atoms in total. The number of halogens is 2. The zero-order chi connectivity index (χ0) is 13.0. The fourth-order valence-corrected chi connectivity index (χ4v) is 1.46. The fraction of sp³-hybridized carbons (Fsp3) is 0.111. The SMILES string of the molecule is O=C(NCc1nn[nH]n1)Nc1ccc(Cl)c(Cl)c1. The Hall–Kier alpha value is -1.86. The first-order chi connectivity index (χ1) is 8.65. The Bertz CT molecular complexity index is 544. The molecule has 18 heavy (non-hydrogen) atoms. The van der Waals surface area contributed by atoms with Crippen molar-refractivity contribution in [3.05, 3.63) is 34.1 Å². The van der Waals surface area contributed by atoms with Gasteiger partial charge in [0.2, 0.25) is 0 Å². The van der Waals surface area contributed by atoms with Crippen molar-refractivity contribution in [1.29, 1.82) is 0 Å². The smallest absolute Gasteiger partial charge is 0.319 e. The molecule has 2 aromatic rings. The number of benzene rings is 1. The second-order valence-corrected chi connectivity index (χ2v) is 4.08. The average molecular weight is 287 g/mol. The number of hydrogen-bond donors (Lipinski definition) is 3. The van der Waals surface area contributed by atoms with Gasteiger partial charge in [-0.15, -0.1) is 10.2 Å². The summed E-state index contributed by atoms with van der Waals surface area (Å²) in [4.78, 5) is 11.5. The summed E-state index contributed by atoms with van der Waals surface area (Å²) in [7, 11) is 0. The Morgan fingerprint density at radius 2 is 2.17 bits per heavy atom. The number of carbonyl (C=O) groups is 1. The molecule has 0 saturated carbocycles. The first-order valence-corrected chi connectivity index (χ1v) is 5.63. The highest BCUT2D eigenvalue weighted by atomic mass is 35.5. The molecule has 0 spiro atoms. The van der Waals surface area contributed by atoms with Gasteiger partial charge in [-0.05, 0) is 18.2 Å². The first kappa shape index (κ1) is 12.6. The molecule has 0 aliphatic heterocycles. The van der Waals surface area contributed by atoms with E-state index in [0.29, 0.717) is 21.6 Å². The number of hydrogen-bond acceptors (Lipinski definition) is 4. The van der Waals surface area contributed by atoms with Crippen molar-refractivity contribution in [3.8, 4) is 0 Å². The van der Waals surface area contributed by atoms with Gasteiger partial charge in [-0.25, -0.2) is 4.79 Å². The third-order valence-corrected chi connectivity index (χ3v) is 2.71. The number of aromatic nitrogens is 4. The molecule has 0 unspecified atom stereocenters. The minimum absolute atomic E-state index is 0.170. The summed E-state index contributed by atoms with van der Waals surface area (Å²) in [6, 6.07) is 4.39. The first-order valence-electron chi connectivity index (χ1n) is 4.87. The number of tetrazole rings is 1. The van der Waals surface area contributed by atoms with E-state index in [4.69, 9.17) is 23.2 Å². The van der Waals surface area contributed by atoms with Gasteiger partial charge in [-0.1, -0.05) is 28.4 Å². The third-order valence-electron chi connectivity index (χ3n) is 1.97. The van der Waals surface area contributed by atoms with Crippen LogP contribution in [0.25, 0.3) is 0 Å². The van der Waals surface area contributed by atoms with Crippen molar-refractivity contribution in [3.63, 3.8) is 0 Å². The quantitative estimate of drug-likeness (QED) is 0.802. The van der Waals surface area contributed by atoms with E-state index in [9.17, 15) is 4.79 Å². The second kappa shape index (κ2) is 5.65. The topological polar surface area (TPSA) is 95.6 Å². The average Bonchev–Trinajstić information content (AvgIpc) is 2.84. The molecule has 3 N–H and O–H groups in total. The molecule has 0 radical (unpaired) electrons. The normalized spacial score (nSPS) is 10.1. The zero-order valence-corrected chi connectivity index (χ0v) is 10.5. The maximum atomic E-state index is 11.5. The van der Waals surface area contributed by atoms with Crippen LogP contribution in [0.3, 0.4) is 0 Å². The van der Waals surface area contributed by atoms with E-state index in [2.05, 4.69) is 31.3 Å². The summed E-state index contributed by atoms with van der Waals surface area (Å²) in [5.74, 6) is 0.388. The molecule has 0 aliphatic carbocycles. The maximum Gasteiger partial charge on any atom is 0.319 e. The van der Waals surface area contributed by atoms with E-state index in [1.54, 1.807) is 18.2 Å². The summed E-state index contributed by atoms with van der Waals surface area (Å²) >= 11 is 11.6. The Labute approximate surface area is 112 Å². The van der Waals surface area contributed by atoms with Gasteiger partial charge in [0.15, 0.2) is 5.82 Å². The molecule has 0 aliphatic rings. The van der Waals surface area contributed by atoms with Gasteiger partial charge in [-0.2, -0.15) is 5.21 Å². The number of nitrogens with zero attached hydrogens (tertiary/aromatic N) is 3. The third kappa shape index (κ3) is 3.31. The summed E-state index contributed by atoms with van der Waals surface area (Å²) in [6.45, 7) is 0.170. The van der Waals surface area contributed by atoms with Crippen LogP contribution in [0.2, 0.25) is 10.0 Å². The lowest BCUT2D eigenvalue weighted by Gasteiger charge is -2.06. The van der Waals surface area contributed by atoms with Crippen LogP contribution in [0.5, 0.6) is 0 Å². The molecular weight excluding hydrogens is 279 g/mol. The maximum absolute atomic E-state index is 11.5. The van der Waals surface area contributed by atoms with Gasteiger partial charge >= 0.3 is 6.03 Å². The van der Waals surface area contributed by atoms with Crippen molar-refractivity contribution < 1.29 is 4.79 Å². The molecule has 9 heteroatoms. The predicted molar refractivity (Wildman–Crippen MR) is 66.5 cm³/mol. The molecule has 94 valence electrons. The number of amides is 2. The predicted octanol–water partition coefficient (Wildman–Crippen LogP) is 1.83. The number of carbonyl (C=O) groups excluding carboxylic acids is 1. The van der Waals surface area contributed by atoms with Crippen LogP contribution >= 0.6 is 23.2 Å². The number of nitrogens with one attached hydrogen (secondary N) is 3. The second-order valence-electron chi connectivity index (χ2n) is 3.26. The minimum Gasteiger partial charge on any atom is -0.330 e. The fourth-order valence-electron chi connectivity index (χ4n) is 1.17. The van der Waals surface area contributed by atoms with Crippen LogP contribution in [0.1, 0.15) is 5.82 Å². The van der Waals surface area contributed by atoms with Crippen LogP contribution < -0.4 is 10.6 Å². The Balaban J connectivity index is 1.88. The molecule has 2 amide bonds. The van der Waals surface area contributed by atoms with Crippen molar-refractivity contribution in [2.45, 2.75) is 6.54 Å². The number of aromatic amines is 1.